The van der Waals surface area contributed by atoms with E-state index >= 15 is 0 Å². The van der Waals surface area contributed by atoms with Crippen molar-refractivity contribution in [2.24, 2.45) is 0 Å². The van der Waals surface area contributed by atoms with E-state index in [0.29, 0.717) is 24.1 Å². The van der Waals surface area contributed by atoms with E-state index in [1.54, 1.807) is 6.07 Å². The van der Waals surface area contributed by atoms with Crippen LogP contribution >= 0.6 is 0 Å². The summed E-state index contributed by atoms with van der Waals surface area (Å²) >= 11 is 0. The van der Waals surface area contributed by atoms with Crippen molar-refractivity contribution in [3.8, 4) is 5.75 Å². The van der Waals surface area contributed by atoms with Gasteiger partial charge in [-0.2, -0.15) is 0 Å². The van der Waals surface area contributed by atoms with Crippen molar-refractivity contribution in [1.82, 2.24) is 0 Å². The number of hydrogen-bond acceptors (Lipinski definition) is 3. The van der Waals surface area contributed by atoms with Gasteiger partial charge in [0.1, 0.15) is 0 Å². The number of nitrogen functional groups attached to an aromatic ring is 1. The average molecular weight is 294 g/mol. The molecule has 1 unspecified atom stereocenters. The number of hydrogen-bond donors (Lipinski definition) is 1. The SMILES string of the molecule is CCCOc1cc(N2CCCCCC2CC)c(N)cc1F. The molecule has 0 spiro atoms. The summed E-state index contributed by atoms with van der Waals surface area (Å²) in [6.07, 6.45) is 6.81. The van der Waals surface area contributed by atoms with E-state index in [-0.39, 0.29) is 5.82 Å². The number of rotatable bonds is 5. The molecule has 1 saturated heterocycles. The van der Waals surface area contributed by atoms with Gasteiger partial charge in [-0.05, 0) is 25.7 Å². The highest BCUT2D eigenvalue weighted by atomic mass is 19.1. The normalized spacial score (nSPS) is 19.4. The minimum absolute atomic E-state index is 0.320. The van der Waals surface area contributed by atoms with E-state index in [4.69, 9.17) is 10.5 Å². The van der Waals surface area contributed by atoms with E-state index in [9.17, 15) is 4.39 Å². The fraction of sp³-hybridized carbons (Fsp3) is 0.647. The second kappa shape index (κ2) is 7.53. The summed E-state index contributed by atoms with van der Waals surface area (Å²) < 4.78 is 19.5. The van der Waals surface area contributed by atoms with Crippen LogP contribution in [0.5, 0.6) is 5.75 Å². The first kappa shape index (κ1) is 15.9. The third-order valence-electron chi connectivity index (χ3n) is 4.20. The first-order chi connectivity index (χ1) is 10.2. The van der Waals surface area contributed by atoms with Gasteiger partial charge in [0.15, 0.2) is 11.6 Å². The van der Waals surface area contributed by atoms with Gasteiger partial charge in [-0.3, -0.25) is 0 Å². The predicted molar refractivity (Wildman–Crippen MR) is 86.5 cm³/mol. The second-order valence-electron chi connectivity index (χ2n) is 5.79. The molecule has 1 aliphatic heterocycles. The summed E-state index contributed by atoms with van der Waals surface area (Å²) in [5, 5.41) is 0. The molecule has 1 aliphatic rings. The monoisotopic (exact) mass is 294 g/mol. The molecule has 0 aliphatic carbocycles. The molecule has 1 aromatic rings. The Hall–Kier alpha value is -1.45. The molecule has 1 aromatic carbocycles. The summed E-state index contributed by atoms with van der Waals surface area (Å²) in [5.74, 6) is -0.0484. The molecular weight excluding hydrogens is 267 g/mol. The van der Waals surface area contributed by atoms with E-state index in [0.717, 1.165) is 25.1 Å². The molecule has 1 fully saturated rings. The van der Waals surface area contributed by atoms with Gasteiger partial charge in [0.25, 0.3) is 0 Å². The van der Waals surface area contributed by atoms with Crippen LogP contribution in [0, 0.1) is 5.82 Å². The van der Waals surface area contributed by atoms with E-state index in [1.807, 2.05) is 6.92 Å². The molecule has 3 nitrogen and oxygen atoms in total. The maximum Gasteiger partial charge on any atom is 0.167 e. The van der Waals surface area contributed by atoms with Crippen molar-refractivity contribution < 1.29 is 9.13 Å². The first-order valence-corrected chi connectivity index (χ1v) is 8.15. The van der Waals surface area contributed by atoms with Crippen LogP contribution < -0.4 is 15.4 Å². The Labute approximate surface area is 127 Å². The first-order valence-electron chi connectivity index (χ1n) is 8.15. The Morgan fingerprint density at radius 2 is 2.10 bits per heavy atom. The fourth-order valence-corrected chi connectivity index (χ4v) is 3.05. The summed E-state index contributed by atoms with van der Waals surface area (Å²) in [5.41, 5.74) is 7.52. The number of benzene rings is 1. The van der Waals surface area contributed by atoms with Gasteiger partial charge in [-0.1, -0.05) is 26.7 Å². The van der Waals surface area contributed by atoms with Crippen LogP contribution in [0.4, 0.5) is 15.8 Å². The molecule has 21 heavy (non-hydrogen) atoms. The van der Waals surface area contributed by atoms with Crippen LogP contribution in [0.15, 0.2) is 12.1 Å². The lowest BCUT2D eigenvalue weighted by Crippen LogP contribution is -2.35. The highest BCUT2D eigenvalue weighted by molar-refractivity contribution is 5.70. The number of ether oxygens (including phenoxy) is 1. The third-order valence-corrected chi connectivity index (χ3v) is 4.20. The van der Waals surface area contributed by atoms with Crippen molar-refractivity contribution in [3.63, 3.8) is 0 Å². The molecule has 1 heterocycles. The summed E-state index contributed by atoms with van der Waals surface area (Å²) in [6, 6.07) is 3.67. The molecule has 2 rings (SSSR count). The van der Waals surface area contributed by atoms with Gasteiger partial charge in [0.05, 0.1) is 18.0 Å². The Morgan fingerprint density at radius 3 is 2.81 bits per heavy atom. The Kier molecular flexibility index (Phi) is 5.71. The maximum atomic E-state index is 14.0. The van der Waals surface area contributed by atoms with E-state index in [1.165, 1.54) is 31.7 Å². The molecule has 0 radical (unpaired) electrons. The van der Waals surface area contributed by atoms with Crippen LogP contribution in [0.2, 0.25) is 0 Å². The molecule has 0 aromatic heterocycles. The minimum Gasteiger partial charge on any atom is -0.490 e. The van der Waals surface area contributed by atoms with Crippen LogP contribution in [0.25, 0.3) is 0 Å². The van der Waals surface area contributed by atoms with Gasteiger partial charge in [0, 0.05) is 24.7 Å². The van der Waals surface area contributed by atoms with Gasteiger partial charge < -0.3 is 15.4 Å². The van der Waals surface area contributed by atoms with Gasteiger partial charge in [-0.15, -0.1) is 0 Å². The zero-order valence-electron chi connectivity index (χ0n) is 13.2. The Balaban J connectivity index is 2.31. The number of anilines is 2. The lowest BCUT2D eigenvalue weighted by atomic mass is 10.1. The fourth-order valence-electron chi connectivity index (χ4n) is 3.05. The number of nitrogens with zero attached hydrogens (tertiary/aromatic N) is 1. The summed E-state index contributed by atoms with van der Waals surface area (Å²) in [4.78, 5) is 2.35. The quantitative estimate of drug-likeness (QED) is 0.820. The highest BCUT2D eigenvalue weighted by Gasteiger charge is 2.23. The van der Waals surface area contributed by atoms with Crippen molar-refractivity contribution in [3.05, 3.63) is 17.9 Å². The minimum atomic E-state index is -0.368. The molecule has 0 amide bonds. The van der Waals surface area contributed by atoms with Gasteiger partial charge >= 0.3 is 0 Å². The Bertz CT molecular complexity index is 464. The lowest BCUT2D eigenvalue weighted by Gasteiger charge is -2.32. The molecule has 1 atom stereocenters. The zero-order valence-corrected chi connectivity index (χ0v) is 13.2. The average Bonchev–Trinajstić information content (AvgIpc) is 2.71. The smallest absolute Gasteiger partial charge is 0.167 e. The second-order valence-corrected chi connectivity index (χ2v) is 5.79. The number of halogens is 1. The predicted octanol–water partition coefficient (Wildman–Crippen LogP) is 4.36. The molecular formula is C17H27FN2O. The molecule has 118 valence electrons. The molecule has 2 N–H and O–H groups in total. The van der Waals surface area contributed by atoms with Gasteiger partial charge in [-0.25, -0.2) is 4.39 Å². The molecule has 4 heteroatoms. The highest BCUT2D eigenvalue weighted by Crippen LogP contribution is 2.35. The van der Waals surface area contributed by atoms with E-state index in [2.05, 4.69) is 11.8 Å². The largest absolute Gasteiger partial charge is 0.490 e. The van der Waals surface area contributed by atoms with Crippen LogP contribution in [0.1, 0.15) is 52.4 Å². The van der Waals surface area contributed by atoms with Crippen molar-refractivity contribution in [2.75, 3.05) is 23.8 Å². The third kappa shape index (κ3) is 3.80. The van der Waals surface area contributed by atoms with Crippen molar-refractivity contribution in [2.45, 2.75) is 58.4 Å². The van der Waals surface area contributed by atoms with Gasteiger partial charge in [0.2, 0.25) is 0 Å². The molecule has 0 saturated carbocycles. The van der Waals surface area contributed by atoms with Crippen molar-refractivity contribution >= 4 is 11.4 Å². The van der Waals surface area contributed by atoms with E-state index < -0.39 is 0 Å². The zero-order chi connectivity index (χ0) is 15.2. The number of nitrogens with two attached hydrogens (primary N) is 1. The summed E-state index contributed by atoms with van der Waals surface area (Å²) in [6.45, 7) is 5.73. The Morgan fingerprint density at radius 1 is 1.29 bits per heavy atom. The standard InChI is InChI=1S/C17H27FN2O/c1-3-10-21-17-12-16(15(19)11-14(17)18)20-9-7-5-6-8-13(20)4-2/h11-13H,3-10,19H2,1-2H3. The van der Waals surface area contributed by atoms with Crippen molar-refractivity contribution in [1.29, 1.82) is 0 Å². The van der Waals surface area contributed by atoms with Crippen LogP contribution in [-0.2, 0) is 0 Å². The lowest BCUT2D eigenvalue weighted by molar-refractivity contribution is 0.301. The summed E-state index contributed by atoms with van der Waals surface area (Å²) in [7, 11) is 0. The topological polar surface area (TPSA) is 38.5 Å². The van der Waals surface area contributed by atoms with Crippen LogP contribution in [-0.4, -0.2) is 19.2 Å². The molecule has 0 bridgehead atoms. The maximum absolute atomic E-state index is 14.0. The van der Waals surface area contributed by atoms with Crippen LogP contribution in [0.3, 0.4) is 0 Å².